The van der Waals surface area contributed by atoms with E-state index in [4.69, 9.17) is 13.9 Å². The van der Waals surface area contributed by atoms with Gasteiger partial charge in [0, 0.05) is 30.1 Å². The molecule has 0 atom stereocenters. The first-order valence-corrected chi connectivity index (χ1v) is 12.9. The van der Waals surface area contributed by atoms with Crippen molar-refractivity contribution in [1.82, 2.24) is 4.31 Å². The number of nitrogens with zero attached hydrogens (tertiary/aromatic N) is 1. The summed E-state index contributed by atoms with van der Waals surface area (Å²) in [6.07, 6.45) is 0. The van der Waals surface area contributed by atoms with Crippen LogP contribution in [0.3, 0.4) is 0 Å². The number of aryl methyl sites for hydroxylation is 2. The summed E-state index contributed by atoms with van der Waals surface area (Å²) in [7, 11) is -3.78. The van der Waals surface area contributed by atoms with Crippen LogP contribution < -0.4 is 5.63 Å². The van der Waals surface area contributed by atoms with Crippen LogP contribution >= 0.6 is 0 Å². The van der Waals surface area contributed by atoms with Gasteiger partial charge in [0.15, 0.2) is 0 Å². The number of sulfonamides is 1. The predicted molar refractivity (Wildman–Crippen MR) is 131 cm³/mol. The summed E-state index contributed by atoms with van der Waals surface area (Å²) < 4.78 is 43.7. The molecule has 0 bridgehead atoms. The van der Waals surface area contributed by atoms with Crippen LogP contribution in [0.4, 0.5) is 0 Å². The van der Waals surface area contributed by atoms with Crippen molar-refractivity contribution in [3.8, 4) is 0 Å². The fourth-order valence-electron chi connectivity index (χ4n) is 4.29. The molecule has 0 N–H and O–H groups in total. The second-order valence-corrected chi connectivity index (χ2v) is 10.9. The van der Waals surface area contributed by atoms with Crippen LogP contribution in [0.25, 0.3) is 11.0 Å². The van der Waals surface area contributed by atoms with Gasteiger partial charge in [-0.25, -0.2) is 18.0 Å². The Balaban J connectivity index is 1.61. The molecule has 4 rings (SSSR count). The van der Waals surface area contributed by atoms with Crippen molar-refractivity contribution in [2.45, 2.75) is 45.1 Å². The molecule has 0 unspecified atom stereocenters. The molecule has 1 aliphatic rings. The van der Waals surface area contributed by atoms with Gasteiger partial charge in [-0.2, -0.15) is 4.31 Å². The fraction of sp³-hybridized carbons (Fsp3) is 0.385. The summed E-state index contributed by atoms with van der Waals surface area (Å²) in [6, 6.07) is 9.57. The number of rotatable bonds is 6. The van der Waals surface area contributed by atoms with Gasteiger partial charge in [0.25, 0.3) is 0 Å². The van der Waals surface area contributed by atoms with E-state index >= 15 is 0 Å². The first-order valence-electron chi connectivity index (χ1n) is 11.5. The van der Waals surface area contributed by atoms with Gasteiger partial charge >= 0.3 is 11.6 Å². The Morgan fingerprint density at radius 3 is 2.46 bits per heavy atom. The highest BCUT2D eigenvalue weighted by Gasteiger charge is 2.28. The number of hydrogen-bond donors (Lipinski definition) is 0. The molecule has 0 saturated carbocycles. The lowest BCUT2D eigenvalue weighted by Gasteiger charge is -2.26. The monoisotopic (exact) mass is 499 g/mol. The Labute approximate surface area is 204 Å². The molecule has 35 heavy (non-hydrogen) atoms. The van der Waals surface area contributed by atoms with Crippen LogP contribution in [0.15, 0.2) is 50.5 Å². The zero-order chi connectivity index (χ0) is 25.3. The standard InChI is InChI=1S/C26H29NO7S/c1-16(2)21-14-22-20(13-25(28)34-23(22)11-18(21)4)15-33-26(29)19-6-5-17(3)24(12-19)35(30,31)27-7-9-32-10-8-27/h5-6,11-14,16H,7-10,15H2,1-4H3. The van der Waals surface area contributed by atoms with Crippen LogP contribution in [-0.4, -0.2) is 45.0 Å². The first kappa shape index (κ1) is 25.1. The van der Waals surface area contributed by atoms with Crippen molar-refractivity contribution in [3.05, 3.63) is 74.6 Å². The van der Waals surface area contributed by atoms with Crippen LogP contribution in [0.1, 0.15) is 52.4 Å². The number of esters is 1. The van der Waals surface area contributed by atoms with Crippen LogP contribution in [-0.2, 0) is 26.1 Å². The Morgan fingerprint density at radius 1 is 1.06 bits per heavy atom. The lowest BCUT2D eigenvalue weighted by molar-refractivity contribution is 0.0473. The minimum atomic E-state index is -3.78. The van der Waals surface area contributed by atoms with Crippen molar-refractivity contribution in [2.24, 2.45) is 0 Å². The Kier molecular flexibility index (Phi) is 7.12. The van der Waals surface area contributed by atoms with Gasteiger partial charge < -0.3 is 13.9 Å². The summed E-state index contributed by atoms with van der Waals surface area (Å²) in [5.41, 5.74) is 3.20. The molecule has 0 radical (unpaired) electrons. The van der Waals surface area contributed by atoms with Crippen molar-refractivity contribution < 1.29 is 27.1 Å². The number of carbonyl (C=O) groups excluding carboxylic acids is 1. The number of carbonyl (C=O) groups is 1. The second-order valence-electron chi connectivity index (χ2n) is 9.02. The topological polar surface area (TPSA) is 103 Å². The van der Waals surface area contributed by atoms with E-state index in [1.807, 2.05) is 19.1 Å². The van der Waals surface area contributed by atoms with E-state index in [1.165, 1.54) is 22.5 Å². The van der Waals surface area contributed by atoms with E-state index in [0.29, 0.717) is 35.3 Å². The number of morpholine rings is 1. The fourth-order valence-corrected chi connectivity index (χ4v) is 5.95. The molecular weight excluding hydrogens is 470 g/mol. The van der Waals surface area contributed by atoms with Gasteiger partial charge in [0.05, 0.1) is 23.7 Å². The molecule has 2 heterocycles. The molecule has 3 aromatic rings. The van der Waals surface area contributed by atoms with Crippen LogP contribution in [0, 0.1) is 13.8 Å². The van der Waals surface area contributed by atoms with E-state index in [0.717, 1.165) is 11.1 Å². The number of fused-ring (bicyclic) bond motifs is 1. The minimum absolute atomic E-state index is 0.0664. The van der Waals surface area contributed by atoms with E-state index in [9.17, 15) is 18.0 Å². The predicted octanol–water partition coefficient (Wildman–Crippen LogP) is 3.91. The molecule has 2 aromatic carbocycles. The highest BCUT2D eigenvalue weighted by Crippen LogP contribution is 2.28. The third kappa shape index (κ3) is 5.17. The third-order valence-corrected chi connectivity index (χ3v) is 8.25. The number of ether oxygens (including phenoxy) is 2. The van der Waals surface area contributed by atoms with Gasteiger partial charge in [0.1, 0.15) is 12.2 Å². The smallest absolute Gasteiger partial charge is 0.338 e. The van der Waals surface area contributed by atoms with E-state index in [-0.39, 0.29) is 36.1 Å². The van der Waals surface area contributed by atoms with Gasteiger partial charge in [-0.1, -0.05) is 19.9 Å². The number of hydrogen-bond acceptors (Lipinski definition) is 7. The molecule has 0 aliphatic carbocycles. The first-order chi connectivity index (χ1) is 16.6. The Morgan fingerprint density at radius 2 is 1.77 bits per heavy atom. The van der Waals surface area contributed by atoms with Gasteiger partial charge in [0.2, 0.25) is 10.0 Å². The lowest BCUT2D eigenvalue weighted by atomic mass is 9.95. The van der Waals surface area contributed by atoms with Crippen LogP contribution in [0.5, 0.6) is 0 Å². The maximum Gasteiger partial charge on any atom is 0.338 e. The Bertz CT molecular complexity index is 1430. The van der Waals surface area contributed by atoms with Crippen molar-refractivity contribution in [2.75, 3.05) is 26.3 Å². The van der Waals surface area contributed by atoms with E-state index in [1.54, 1.807) is 13.0 Å². The van der Waals surface area contributed by atoms with Crippen molar-refractivity contribution >= 4 is 27.0 Å². The zero-order valence-corrected chi connectivity index (χ0v) is 21.1. The SMILES string of the molecule is Cc1cc2oc(=O)cc(COC(=O)c3ccc(C)c(S(=O)(=O)N4CCOCC4)c3)c2cc1C(C)C. The molecule has 1 fully saturated rings. The molecule has 9 heteroatoms. The van der Waals surface area contributed by atoms with Gasteiger partial charge in [-0.3, -0.25) is 0 Å². The summed E-state index contributed by atoms with van der Waals surface area (Å²) in [6.45, 7) is 8.83. The zero-order valence-electron chi connectivity index (χ0n) is 20.3. The molecule has 1 aromatic heterocycles. The van der Waals surface area contributed by atoms with E-state index in [2.05, 4.69) is 13.8 Å². The summed E-state index contributed by atoms with van der Waals surface area (Å²) in [5.74, 6) is -0.415. The minimum Gasteiger partial charge on any atom is -0.457 e. The van der Waals surface area contributed by atoms with E-state index < -0.39 is 21.6 Å². The highest BCUT2D eigenvalue weighted by atomic mass is 32.2. The quantitative estimate of drug-likeness (QED) is 0.374. The van der Waals surface area contributed by atoms with Gasteiger partial charge in [-0.15, -0.1) is 0 Å². The maximum absolute atomic E-state index is 13.1. The molecular formula is C26H29NO7S. The normalized spacial score (nSPS) is 15.0. The average Bonchev–Trinajstić information content (AvgIpc) is 2.82. The largest absolute Gasteiger partial charge is 0.457 e. The molecule has 1 aliphatic heterocycles. The van der Waals surface area contributed by atoms with Gasteiger partial charge in [-0.05, 0) is 60.7 Å². The third-order valence-electron chi connectivity index (χ3n) is 6.21. The summed E-state index contributed by atoms with van der Waals surface area (Å²) >= 11 is 0. The molecule has 8 nitrogen and oxygen atoms in total. The highest BCUT2D eigenvalue weighted by molar-refractivity contribution is 7.89. The average molecular weight is 500 g/mol. The Hall–Kier alpha value is -3.01. The van der Waals surface area contributed by atoms with Crippen molar-refractivity contribution in [3.63, 3.8) is 0 Å². The second kappa shape index (κ2) is 9.93. The van der Waals surface area contributed by atoms with Crippen molar-refractivity contribution in [1.29, 1.82) is 0 Å². The summed E-state index contributed by atoms with van der Waals surface area (Å²) in [5, 5.41) is 0.700. The lowest BCUT2D eigenvalue weighted by Crippen LogP contribution is -2.40. The summed E-state index contributed by atoms with van der Waals surface area (Å²) in [4.78, 5) is 25.1. The van der Waals surface area contributed by atoms with Crippen LogP contribution in [0.2, 0.25) is 0 Å². The maximum atomic E-state index is 13.1. The molecule has 0 spiro atoms. The molecule has 186 valence electrons. The number of benzene rings is 2. The molecule has 0 amide bonds. The molecule has 1 saturated heterocycles.